The van der Waals surface area contributed by atoms with Crippen molar-refractivity contribution in [3.05, 3.63) is 16.1 Å². The van der Waals surface area contributed by atoms with Crippen LogP contribution in [-0.4, -0.2) is 16.7 Å². The Hall–Kier alpha value is -1.10. The van der Waals surface area contributed by atoms with Crippen LogP contribution in [0.4, 0.5) is 4.79 Å². The lowest BCUT2D eigenvalue weighted by Crippen LogP contribution is -2.32. The molecule has 0 spiro atoms. The number of aromatic nitrogens is 1. The van der Waals surface area contributed by atoms with E-state index in [4.69, 9.17) is 4.74 Å². The molecule has 96 valence electrons. The summed E-state index contributed by atoms with van der Waals surface area (Å²) in [6.07, 6.45) is -0.406. The molecule has 0 saturated heterocycles. The fraction of sp³-hybridized carbons (Fsp3) is 0.667. The second-order valence-electron chi connectivity index (χ2n) is 5.19. The van der Waals surface area contributed by atoms with E-state index in [1.807, 2.05) is 26.2 Å². The van der Waals surface area contributed by atoms with Crippen LogP contribution in [0, 0.1) is 0 Å². The molecule has 0 fully saturated rings. The van der Waals surface area contributed by atoms with Crippen LogP contribution in [0.5, 0.6) is 0 Å². The number of hydrogen-bond donors (Lipinski definition) is 1. The molecule has 1 aromatic rings. The summed E-state index contributed by atoms with van der Waals surface area (Å²) in [4.78, 5) is 15.8. The maximum absolute atomic E-state index is 11.4. The second-order valence-corrected chi connectivity index (χ2v) is 6.08. The lowest BCUT2D eigenvalue weighted by molar-refractivity contribution is 0.0523. The molecule has 5 heteroatoms. The third-order valence-corrected chi connectivity index (χ3v) is 3.07. The van der Waals surface area contributed by atoms with Crippen LogP contribution >= 0.6 is 11.3 Å². The van der Waals surface area contributed by atoms with Crippen LogP contribution < -0.4 is 5.32 Å². The quantitative estimate of drug-likeness (QED) is 0.902. The maximum Gasteiger partial charge on any atom is 0.407 e. The fourth-order valence-corrected chi connectivity index (χ4v) is 1.98. The maximum atomic E-state index is 11.4. The molecule has 1 N–H and O–H groups in total. The van der Waals surface area contributed by atoms with E-state index in [0.717, 1.165) is 10.7 Å². The van der Waals surface area contributed by atoms with Gasteiger partial charge in [0.05, 0.1) is 17.2 Å². The van der Waals surface area contributed by atoms with Crippen LogP contribution in [0.1, 0.15) is 51.2 Å². The molecule has 0 saturated carbocycles. The number of amides is 1. The van der Waals surface area contributed by atoms with Crippen LogP contribution in [0.25, 0.3) is 0 Å². The monoisotopic (exact) mass is 256 g/mol. The Balaban J connectivity index is 2.42. The van der Waals surface area contributed by atoms with Crippen LogP contribution in [0.3, 0.4) is 0 Å². The van der Waals surface area contributed by atoms with Crippen LogP contribution in [0.15, 0.2) is 5.38 Å². The Bertz CT molecular complexity index is 380. The van der Waals surface area contributed by atoms with Crippen molar-refractivity contribution in [2.24, 2.45) is 0 Å². The summed E-state index contributed by atoms with van der Waals surface area (Å²) in [7, 11) is 0. The molecule has 0 aromatic carbocycles. The summed E-state index contributed by atoms with van der Waals surface area (Å²) in [5.74, 6) is 0.426. The molecule has 1 rings (SSSR count). The second kappa shape index (κ2) is 5.49. The summed E-state index contributed by atoms with van der Waals surface area (Å²) < 4.78 is 5.14. The molecule has 0 aliphatic rings. The Labute approximate surface area is 106 Å². The van der Waals surface area contributed by atoms with Gasteiger partial charge in [-0.25, -0.2) is 9.78 Å². The third kappa shape index (κ3) is 5.17. The van der Waals surface area contributed by atoms with Gasteiger partial charge >= 0.3 is 6.09 Å². The fourth-order valence-electron chi connectivity index (χ4n) is 1.15. The van der Waals surface area contributed by atoms with Crippen molar-refractivity contribution >= 4 is 17.4 Å². The first kappa shape index (κ1) is 14.0. The first-order valence-corrected chi connectivity index (χ1v) is 6.57. The van der Waals surface area contributed by atoms with Gasteiger partial charge in [-0.2, -0.15) is 0 Å². The highest BCUT2D eigenvalue weighted by atomic mass is 32.1. The van der Waals surface area contributed by atoms with Gasteiger partial charge in [0, 0.05) is 11.3 Å². The van der Waals surface area contributed by atoms with Gasteiger partial charge in [-0.05, 0) is 20.8 Å². The van der Waals surface area contributed by atoms with Gasteiger partial charge in [0.2, 0.25) is 0 Å². The molecule has 1 heterocycles. The third-order valence-electron chi connectivity index (χ3n) is 1.88. The Morgan fingerprint density at radius 3 is 2.65 bits per heavy atom. The van der Waals surface area contributed by atoms with Crippen molar-refractivity contribution in [1.82, 2.24) is 10.3 Å². The number of nitrogens with one attached hydrogen (secondary N) is 1. The predicted molar refractivity (Wildman–Crippen MR) is 69.3 cm³/mol. The highest BCUT2D eigenvalue weighted by molar-refractivity contribution is 7.09. The number of rotatable bonds is 3. The topological polar surface area (TPSA) is 51.2 Å². The highest BCUT2D eigenvalue weighted by Crippen LogP contribution is 2.19. The molecular weight excluding hydrogens is 236 g/mol. The molecule has 0 unspecified atom stereocenters. The van der Waals surface area contributed by atoms with Gasteiger partial charge in [-0.1, -0.05) is 13.8 Å². The average Bonchev–Trinajstić information content (AvgIpc) is 2.60. The molecule has 0 aliphatic heterocycles. The van der Waals surface area contributed by atoms with Crippen molar-refractivity contribution in [1.29, 1.82) is 0 Å². The first-order valence-electron chi connectivity index (χ1n) is 5.69. The zero-order valence-corrected chi connectivity index (χ0v) is 11.9. The van der Waals surface area contributed by atoms with Gasteiger partial charge in [0.25, 0.3) is 0 Å². The Morgan fingerprint density at radius 1 is 1.53 bits per heavy atom. The van der Waals surface area contributed by atoms with Gasteiger partial charge in [-0.3, -0.25) is 0 Å². The molecule has 1 aromatic heterocycles. The number of thiazole rings is 1. The summed E-state index contributed by atoms with van der Waals surface area (Å²) in [6.45, 7) is 10.1. The molecule has 0 aliphatic carbocycles. The molecular formula is C12H20N2O2S. The van der Waals surface area contributed by atoms with Gasteiger partial charge in [0.1, 0.15) is 5.60 Å². The van der Waals surface area contributed by atoms with Gasteiger partial charge in [0.15, 0.2) is 0 Å². The molecule has 4 nitrogen and oxygen atoms in total. The lowest BCUT2D eigenvalue weighted by Gasteiger charge is -2.19. The minimum atomic E-state index is -0.463. The minimum absolute atomic E-state index is 0.406. The summed E-state index contributed by atoms with van der Waals surface area (Å²) in [5, 5.41) is 5.74. The Morgan fingerprint density at radius 2 is 2.18 bits per heavy atom. The van der Waals surface area contributed by atoms with Crippen molar-refractivity contribution in [2.45, 2.75) is 52.7 Å². The number of ether oxygens (including phenoxy) is 1. The molecule has 0 bridgehead atoms. The zero-order valence-electron chi connectivity index (χ0n) is 11.0. The first-order chi connectivity index (χ1) is 7.78. The van der Waals surface area contributed by atoms with E-state index in [-0.39, 0.29) is 0 Å². The van der Waals surface area contributed by atoms with E-state index in [1.165, 1.54) is 0 Å². The normalized spacial score (nSPS) is 11.6. The average molecular weight is 256 g/mol. The highest BCUT2D eigenvalue weighted by Gasteiger charge is 2.16. The number of nitrogens with zero attached hydrogens (tertiary/aromatic N) is 1. The molecule has 0 radical (unpaired) electrons. The molecule has 17 heavy (non-hydrogen) atoms. The smallest absolute Gasteiger partial charge is 0.407 e. The predicted octanol–water partition coefficient (Wildman–Crippen LogP) is 3.29. The van der Waals surface area contributed by atoms with Crippen molar-refractivity contribution in [3.63, 3.8) is 0 Å². The standard InChI is InChI=1S/C12H20N2O2S/c1-8(2)10-14-9(7-17-10)6-13-11(15)16-12(3,4)5/h7-8H,6H2,1-5H3,(H,13,15). The van der Waals surface area contributed by atoms with Crippen molar-refractivity contribution < 1.29 is 9.53 Å². The summed E-state index contributed by atoms with van der Waals surface area (Å²) in [5.41, 5.74) is 0.416. The van der Waals surface area contributed by atoms with E-state index in [2.05, 4.69) is 24.1 Å². The molecule has 0 atom stereocenters. The van der Waals surface area contributed by atoms with Crippen LogP contribution in [-0.2, 0) is 11.3 Å². The van der Waals surface area contributed by atoms with E-state index in [9.17, 15) is 4.79 Å². The van der Waals surface area contributed by atoms with E-state index in [1.54, 1.807) is 11.3 Å². The van der Waals surface area contributed by atoms with Crippen molar-refractivity contribution in [3.8, 4) is 0 Å². The number of carbonyl (C=O) groups excluding carboxylic acids is 1. The van der Waals surface area contributed by atoms with E-state index >= 15 is 0 Å². The Kier molecular flexibility index (Phi) is 4.51. The zero-order chi connectivity index (χ0) is 13.1. The minimum Gasteiger partial charge on any atom is -0.444 e. The molecule has 1 amide bonds. The summed E-state index contributed by atoms with van der Waals surface area (Å²) >= 11 is 1.62. The number of alkyl carbamates (subject to hydrolysis) is 1. The largest absolute Gasteiger partial charge is 0.444 e. The van der Waals surface area contributed by atoms with Gasteiger partial charge in [-0.15, -0.1) is 11.3 Å². The lowest BCUT2D eigenvalue weighted by atomic mass is 10.2. The number of hydrogen-bond acceptors (Lipinski definition) is 4. The van der Waals surface area contributed by atoms with Gasteiger partial charge < -0.3 is 10.1 Å². The SMILES string of the molecule is CC(C)c1nc(CNC(=O)OC(C)(C)C)cs1. The van der Waals surface area contributed by atoms with Crippen molar-refractivity contribution in [2.75, 3.05) is 0 Å². The number of carbonyl (C=O) groups is 1. The van der Waals surface area contributed by atoms with E-state index in [0.29, 0.717) is 12.5 Å². The van der Waals surface area contributed by atoms with Crippen LogP contribution in [0.2, 0.25) is 0 Å². The summed E-state index contributed by atoms with van der Waals surface area (Å²) in [6, 6.07) is 0. The van der Waals surface area contributed by atoms with E-state index < -0.39 is 11.7 Å².